The van der Waals surface area contributed by atoms with Crippen molar-refractivity contribution < 1.29 is 0 Å². The summed E-state index contributed by atoms with van der Waals surface area (Å²) >= 11 is 0. The van der Waals surface area contributed by atoms with Gasteiger partial charge in [0.1, 0.15) is 0 Å². The molecule has 16 heavy (non-hydrogen) atoms. The van der Waals surface area contributed by atoms with E-state index in [4.69, 9.17) is 5.73 Å². The van der Waals surface area contributed by atoms with Gasteiger partial charge in [0.15, 0.2) is 0 Å². The van der Waals surface area contributed by atoms with Crippen LogP contribution in [0.15, 0.2) is 24.3 Å². The second-order valence-electron chi connectivity index (χ2n) is 5.14. The quantitative estimate of drug-likeness (QED) is 0.780. The van der Waals surface area contributed by atoms with E-state index in [1.807, 2.05) is 0 Å². The normalized spacial score (nSPS) is 29.2. The van der Waals surface area contributed by atoms with Crippen LogP contribution < -0.4 is 10.6 Å². The van der Waals surface area contributed by atoms with Crippen molar-refractivity contribution in [1.82, 2.24) is 0 Å². The Balaban J connectivity index is 1.77. The van der Waals surface area contributed by atoms with E-state index in [0.717, 1.165) is 6.04 Å². The largest absolute Gasteiger partial charge is 0.368 e. The maximum absolute atomic E-state index is 5.97. The average molecular weight is 216 g/mol. The van der Waals surface area contributed by atoms with E-state index < -0.39 is 0 Å². The third kappa shape index (κ3) is 1.71. The van der Waals surface area contributed by atoms with E-state index >= 15 is 0 Å². The summed E-state index contributed by atoms with van der Waals surface area (Å²) in [4.78, 5) is 2.61. The van der Waals surface area contributed by atoms with Gasteiger partial charge in [0.05, 0.1) is 0 Å². The molecule has 0 aromatic heterocycles. The molecule has 0 saturated heterocycles. The van der Waals surface area contributed by atoms with E-state index in [2.05, 4.69) is 29.2 Å². The first-order valence-electron chi connectivity index (χ1n) is 6.45. The third-order valence-corrected chi connectivity index (χ3v) is 4.11. The molecule has 0 radical (unpaired) electrons. The summed E-state index contributed by atoms with van der Waals surface area (Å²) in [7, 11) is 0. The Morgan fingerprint density at radius 2 is 1.81 bits per heavy atom. The number of hydrogen-bond acceptors (Lipinski definition) is 2. The van der Waals surface area contributed by atoms with Gasteiger partial charge in [0.2, 0.25) is 0 Å². The number of benzene rings is 1. The zero-order valence-corrected chi connectivity index (χ0v) is 9.73. The molecule has 0 bridgehead atoms. The molecule has 1 aliphatic carbocycles. The molecule has 86 valence electrons. The molecular weight excluding hydrogens is 196 g/mol. The molecule has 1 aromatic carbocycles. The van der Waals surface area contributed by atoms with Crippen molar-refractivity contribution in [1.29, 1.82) is 0 Å². The van der Waals surface area contributed by atoms with E-state index in [-0.39, 0.29) is 0 Å². The molecule has 1 aliphatic heterocycles. The minimum Gasteiger partial charge on any atom is -0.368 e. The summed E-state index contributed by atoms with van der Waals surface area (Å²) in [5.74, 6) is 0. The van der Waals surface area contributed by atoms with Crippen molar-refractivity contribution in [3.63, 3.8) is 0 Å². The van der Waals surface area contributed by atoms with Gasteiger partial charge in [-0.3, -0.25) is 0 Å². The van der Waals surface area contributed by atoms with Gasteiger partial charge < -0.3 is 10.6 Å². The smallest absolute Gasteiger partial charge is 0.0402 e. The van der Waals surface area contributed by atoms with Crippen LogP contribution in [0.5, 0.6) is 0 Å². The van der Waals surface area contributed by atoms with E-state index in [0.29, 0.717) is 6.04 Å². The predicted molar refractivity (Wildman–Crippen MR) is 67.7 cm³/mol. The van der Waals surface area contributed by atoms with Crippen LogP contribution in [0, 0.1) is 0 Å². The van der Waals surface area contributed by atoms with Gasteiger partial charge >= 0.3 is 0 Å². The highest BCUT2D eigenvalue weighted by atomic mass is 15.2. The van der Waals surface area contributed by atoms with Gasteiger partial charge in [0.25, 0.3) is 0 Å². The maximum Gasteiger partial charge on any atom is 0.0402 e. The lowest BCUT2D eigenvalue weighted by Crippen LogP contribution is -2.40. The summed E-state index contributed by atoms with van der Waals surface area (Å²) in [6, 6.07) is 10.0. The van der Waals surface area contributed by atoms with Crippen LogP contribution in [0.1, 0.15) is 31.2 Å². The second-order valence-corrected chi connectivity index (χ2v) is 5.14. The zero-order valence-electron chi connectivity index (χ0n) is 9.73. The fourth-order valence-electron chi connectivity index (χ4n) is 3.16. The molecule has 3 rings (SSSR count). The third-order valence-electron chi connectivity index (χ3n) is 4.11. The van der Waals surface area contributed by atoms with Crippen molar-refractivity contribution in [3.8, 4) is 0 Å². The van der Waals surface area contributed by atoms with Crippen molar-refractivity contribution in [2.24, 2.45) is 5.73 Å². The molecule has 1 aromatic rings. The van der Waals surface area contributed by atoms with Crippen molar-refractivity contribution in [2.75, 3.05) is 11.4 Å². The molecule has 1 fully saturated rings. The lowest BCUT2D eigenvalue weighted by Gasteiger charge is -2.35. The van der Waals surface area contributed by atoms with Crippen LogP contribution in [-0.2, 0) is 6.42 Å². The van der Waals surface area contributed by atoms with Crippen LogP contribution in [0.4, 0.5) is 5.69 Å². The summed E-state index contributed by atoms with van der Waals surface area (Å²) in [6.45, 7) is 1.21. The van der Waals surface area contributed by atoms with Crippen LogP contribution in [0.2, 0.25) is 0 Å². The molecule has 0 amide bonds. The molecule has 2 aliphatic rings. The van der Waals surface area contributed by atoms with Gasteiger partial charge in [-0.05, 0) is 43.7 Å². The topological polar surface area (TPSA) is 29.3 Å². The van der Waals surface area contributed by atoms with Gasteiger partial charge in [-0.1, -0.05) is 18.2 Å². The number of nitrogens with zero attached hydrogens (tertiary/aromatic N) is 1. The standard InChI is InChI=1S/C14H20N2/c15-12-5-7-13(8-6-12)16-10-9-11-3-1-2-4-14(11)16/h1-4,12-13H,5-10,15H2. The molecule has 2 heteroatoms. The molecule has 1 heterocycles. The number of para-hydroxylation sites is 1. The van der Waals surface area contributed by atoms with Crippen LogP contribution in [-0.4, -0.2) is 18.6 Å². The Kier molecular flexibility index (Phi) is 2.60. The van der Waals surface area contributed by atoms with Gasteiger partial charge in [0, 0.05) is 24.3 Å². The Morgan fingerprint density at radius 1 is 1.06 bits per heavy atom. The molecule has 1 saturated carbocycles. The number of nitrogens with two attached hydrogens (primary N) is 1. The summed E-state index contributed by atoms with van der Waals surface area (Å²) in [5.41, 5.74) is 8.97. The monoisotopic (exact) mass is 216 g/mol. The molecule has 2 nitrogen and oxygen atoms in total. The fourth-order valence-corrected chi connectivity index (χ4v) is 3.16. The van der Waals surface area contributed by atoms with E-state index in [9.17, 15) is 0 Å². The van der Waals surface area contributed by atoms with Crippen molar-refractivity contribution >= 4 is 5.69 Å². The van der Waals surface area contributed by atoms with Crippen LogP contribution >= 0.6 is 0 Å². The molecule has 0 atom stereocenters. The van der Waals surface area contributed by atoms with Crippen molar-refractivity contribution in [3.05, 3.63) is 29.8 Å². The Morgan fingerprint density at radius 3 is 2.62 bits per heavy atom. The first-order chi connectivity index (χ1) is 7.84. The average Bonchev–Trinajstić information content (AvgIpc) is 2.74. The van der Waals surface area contributed by atoms with E-state index in [1.165, 1.54) is 49.9 Å². The first-order valence-corrected chi connectivity index (χ1v) is 6.45. The zero-order chi connectivity index (χ0) is 11.0. The molecule has 0 spiro atoms. The van der Waals surface area contributed by atoms with Gasteiger partial charge in [-0.2, -0.15) is 0 Å². The highest BCUT2D eigenvalue weighted by Gasteiger charge is 2.28. The van der Waals surface area contributed by atoms with Gasteiger partial charge in [-0.25, -0.2) is 0 Å². The summed E-state index contributed by atoms with van der Waals surface area (Å²) in [6.07, 6.45) is 6.16. The van der Waals surface area contributed by atoms with Crippen molar-refractivity contribution in [2.45, 2.75) is 44.2 Å². The Bertz CT molecular complexity index is 367. The molecule has 2 N–H and O–H groups in total. The number of hydrogen-bond donors (Lipinski definition) is 1. The molecule has 0 unspecified atom stereocenters. The van der Waals surface area contributed by atoms with E-state index in [1.54, 1.807) is 0 Å². The van der Waals surface area contributed by atoms with Gasteiger partial charge in [-0.15, -0.1) is 0 Å². The highest BCUT2D eigenvalue weighted by Crippen LogP contribution is 2.33. The number of anilines is 1. The maximum atomic E-state index is 5.97. The summed E-state index contributed by atoms with van der Waals surface area (Å²) < 4.78 is 0. The Hall–Kier alpha value is -1.02. The number of fused-ring (bicyclic) bond motifs is 1. The fraction of sp³-hybridized carbons (Fsp3) is 0.571. The first kappa shape index (κ1) is 10.2. The SMILES string of the molecule is NC1CCC(N2CCc3ccccc32)CC1. The summed E-state index contributed by atoms with van der Waals surface area (Å²) in [5, 5.41) is 0. The Labute approximate surface area is 97.4 Å². The minimum absolute atomic E-state index is 0.453. The lowest BCUT2D eigenvalue weighted by atomic mass is 9.91. The predicted octanol–water partition coefficient (Wildman–Crippen LogP) is 2.32. The van der Waals surface area contributed by atoms with Crippen LogP contribution in [0.3, 0.4) is 0 Å². The second kappa shape index (κ2) is 4.10. The van der Waals surface area contributed by atoms with Crippen LogP contribution in [0.25, 0.3) is 0 Å². The lowest BCUT2D eigenvalue weighted by molar-refractivity contribution is 0.379. The highest BCUT2D eigenvalue weighted by molar-refractivity contribution is 5.58. The minimum atomic E-state index is 0.453. The number of rotatable bonds is 1. The molecular formula is C14H20N2.